The average molecular weight is 199 g/mol. The molecule has 0 atom stereocenters. The third-order valence-corrected chi connectivity index (χ3v) is 3.50. The second-order valence-electron chi connectivity index (χ2n) is 4.69. The van der Waals surface area contributed by atoms with Crippen LogP contribution in [0.4, 0.5) is 0 Å². The van der Waals surface area contributed by atoms with Crippen molar-refractivity contribution in [2.24, 2.45) is 0 Å². The van der Waals surface area contributed by atoms with Gasteiger partial charge in [-0.1, -0.05) is 26.7 Å². The Labute approximate surface area is 89.3 Å². The molecule has 1 heterocycles. The molecule has 1 saturated heterocycles. The normalized spacial score (nSPS) is 21.0. The van der Waals surface area contributed by atoms with E-state index in [1.54, 1.807) is 0 Å². The molecule has 0 unspecified atom stereocenters. The van der Waals surface area contributed by atoms with Crippen molar-refractivity contribution in [3.05, 3.63) is 0 Å². The van der Waals surface area contributed by atoms with Crippen molar-refractivity contribution in [2.45, 2.75) is 39.5 Å². The van der Waals surface area contributed by atoms with E-state index in [9.17, 15) is 0 Å². The molecule has 0 aliphatic carbocycles. The van der Waals surface area contributed by atoms with Crippen LogP contribution in [0, 0.1) is 0 Å². The Balaban J connectivity index is 2.39. The van der Waals surface area contributed by atoms with Crippen molar-refractivity contribution in [3.63, 3.8) is 0 Å². The Kier molecular flexibility index (Phi) is 5.49. The molecule has 1 rings (SSSR count). The second-order valence-corrected chi connectivity index (χ2v) is 4.69. The number of unbranched alkanes of at least 4 members (excludes halogenated alkanes) is 2. The topological polar surface area (TPSA) is 12.0 Å². The zero-order chi connectivity index (χ0) is 10.3. The van der Waals surface area contributed by atoms with E-state index in [1.165, 1.54) is 69.4 Å². The Hall–Kier alpha value is -0.0800. The Bertz CT molecular complexity index is 129. The van der Waals surface area contributed by atoms with Gasteiger partial charge in [0.2, 0.25) is 0 Å². The minimum absolute atomic E-state index is 1.23. The number of hydrogen-bond donors (Lipinski definition) is 1. The predicted octanol–water partition coefficient (Wildman–Crippen LogP) is 2.01. The third-order valence-electron chi connectivity index (χ3n) is 3.50. The van der Waals surface area contributed by atoms with Gasteiger partial charge in [0.1, 0.15) is 0 Å². The van der Waals surface area contributed by atoms with Crippen LogP contribution in [-0.4, -0.2) is 43.8 Å². The van der Waals surface area contributed by atoms with Crippen LogP contribution in [0.5, 0.6) is 0 Å². The molecule has 0 aromatic heterocycles. The molecule has 1 fully saturated rings. The van der Waals surface area contributed by atoms with Crippen molar-refractivity contribution >= 4 is 0 Å². The van der Waals surface area contributed by atoms with Gasteiger partial charge in [-0.3, -0.25) is 0 Å². The van der Waals surface area contributed by atoms with Crippen LogP contribution in [0.25, 0.3) is 0 Å². The lowest BCUT2D eigenvalue weighted by Crippen LogP contribution is -2.59. The number of quaternary nitrogens is 1. The van der Waals surface area contributed by atoms with Crippen LogP contribution >= 0.6 is 0 Å². The van der Waals surface area contributed by atoms with Gasteiger partial charge in [0.15, 0.2) is 0 Å². The van der Waals surface area contributed by atoms with E-state index >= 15 is 0 Å². The van der Waals surface area contributed by atoms with E-state index in [4.69, 9.17) is 0 Å². The molecule has 14 heavy (non-hydrogen) atoms. The van der Waals surface area contributed by atoms with E-state index in [1.807, 2.05) is 0 Å². The van der Waals surface area contributed by atoms with Crippen LogP contribution in [0.3, 0.4) is 0 Å². The first kappa shape index (κ1) is 12.0. The molecular weight excluding hydrogens is 172 g/mol. The van der Waals surface area contributed by atoms with Gasteiger partial charge in [-0.15, -0.1) is 0 Å². The fourth-order valence-corrected chi connectivity index (χ4v) is 2.42. The van der Waals surface area contributed by atoms with E-state index < -0.39 is 0 Å². The highest BCUT2D eigenvalue weighted by Gasteiger charge is 2.27. The number of piperazine rings is 1. The summed E-state index contributed by atoms with van der Waals surface area (Å²) in [6, 6.07) is 0. The van der Waals surface area contributed by atoms with E-state index in [0.717, 1.165) is 0 Å². The van der Waals surface area contributed by atoms with Gasteiger partial charge in [-0.25, -0.2) is 0 Å². The van der Waals surface area contributed by atoms with Crippen molar-refractivity contribution in [1.82, 2.24) is 5.32 Å². The van der Waals surface area contributed by atoms with Gasteiger partial charge in [-0.2, -0.15) is 0 Å². The molecule has 1 aliphatic rings. The molecule has 0 bridgehead atoms. The number of nitrogens with zero attached hydrogens (tertiary/aromatic N) is 1. The maximum absolute atomic E-state index is 3.48. The molecule has 0 radical (unpaired) electrons. The van der Waals surface area contributed by atoms with Crippen LogP contribution in [0.1, 0.15) is 39.5 Å². The average Bonchev–Trinajstić information content (AvgIpc) is 2.25. The number of hydrogen-bond acceptors (Lipinski definition) is 1. The molecule has 0 amide bonds. The van der Waals surface area contributed by atoms with Crippen molar-refractivity contribution < 1.29 is 4.48 Å². The first-order chi connectivity index (χ1) is 6.83. The fourth-order valence-electron chi connectivity index (χ4n) is 2.42. The predicted molar refractivity (Wildman–Crippen MR) is 62.4 cm³/mol. The minimum Gasteiger partial charge on any atom is -0.322 e. The lowest BCUT2D eigenvalue weighted by atomic mass is 10.1. The van der Waals surface area contributed by atoms with Gasteiger partial charge in [0.25, 0.3) is 0 Å². The molecule has 2 nitrogen and oxygen atoms in total. The monoisotopic (exact) mass is 199 g/mol. The molecule has 0 spiro atoms. The molecule has 1 aliphatic heterocycles. The smallest absolute Gasteiger partial charge is 0.0913 e. The Morgan fingerprint density at radius 3 is 1.86 bits per heavy atom. The number of rotatable bonds is 6. The van der Waals surface area contributed by atoms with E-state index in [0.29, 0.717) is 0 Å². The highest BCUT2D eigenvalue weighted by molar-refractivity contribution is 4.58. The summed E-state index contributed by atoms with van der Waals surface area (Å²) in [5.41, 5.74) is 0. The Morgan fingerprint density at radius 1 is 0.929 bits per heavy atom. The van der Waals surface area contributed by atoms with Gasteiger partial charge in [0.05, 0.1) is 26.2 Å². The van der Waals surface area contributed by atoms with Gasteiger partial charge < -0.3 is 9.80 Å². The molecule has 2 heteroatoms. The highest BCUT2D eigenvalue weighted by atomic mass is 15.4. The summed E-state index contributed by atoms with van der Waals surface area (Å²) < 4.78 is 1.40. The largest absolute Gasteiger partial charge is 0.322 e. The van der Waals surface area contributed by atoms with Crippen LogP contribution < -0.4 is 5.32 Å². The highest BCUT2D eigenvalue weighted by Crippen LogP contribution is 2.13. The number of nitrogens with one attached hydrogen (secondary N) is 1. The summed E-state index contributed by atoms with van der Waals surface area (Å²) in [5.74, 6) is 0. The van der Waals surface area contributed by atoms with E-state index in [-0.39, 0.29) is 0 Å². The second kappa shape index (κ2) is 6.41. The third kappa shape index (κ3) is 3.58. The summed E-state index contributed by atoms with van der Waals surface area (Å²) >= 11 is 0. The zero-order valence-corrected chi connectivity index (χ0v) is 10.0. The quantitative estimate of drug-likeness (QED) is 0.645. The summed E-state index contributed by atoms with van der Waals surface area (Å²) in [4.78, 5) is 0. The summed E-state index contributed by atoms with van der Waals surface area (Å²) in [6.07, 6.45) is 5.51. The van der Waals surface area contributed by atoms with Crippen LogP contribution in [0.2, 0.25) is 0 Å². The fraction of sp³-hybridized carbons (Fsp3) is 1.00. The molecular formula is C12H27N2+. The molecule has 1 N–H and O–H groups in total. The molecule has 84 valence electrons. The van der Waals surface area contributed by atoms with Crippen molar-refractivity contribution in [1.29, 1.82) is 0 Å². The van der Waals surface area contributed by atoms with Gasteiger partial charge in [0, 0.05) is 13.1 Å². The Morgan fingerprint density at radius 2 is 1.43 bits per heavy atom. The summed E-state index contributed by atoms with van der Waals surface area (Å²) in [5, 5.41) is 3.48. The van der Waals surface area contributed by atoms with Gasteiger partial charge >= 0.3 is 0 Å². The first-order valence-corrected chi connectivity index (χ1v) is 6.39. The van der Waals surface area contributed by atoms with Gasteiger partial charge in [-0.05, 0) is 12.8 Å². The molecule has 0 saturated carbocycles. The lowest BCUT2D eigenvalue weighted by Gasteiger charge is -2.42. The molecule has 0 aromatic rings. The standard InChI is InChI=1S/C12H27N2/c1-3-5-9-14(10-6-4-2)11-7-13-8-12-14/h13H,3-12H2,1-2H3/q+1. The first-order valence-electron chi connectivity index (χ1n) is 6.39. The SMILES string of the molecule is CCCC[N+]1(CCCC)CCNCC1. The van der Waals surface area contributed by atoms with Crippen molar-refractivity contribution in [2.75, 3.05) is 39.3 Å². The maximum atomic E-state index is 3.48. The lowest BCUT2D eigenvalue weighted by molar-refractivity contribution is -0.930. The zero-order valence-electron chi connectivity index (χ0n) is 10.0. The van der Waals surface area contributed by atoms with Crippen molar-refractivity contribution in [3.8, 4) is 0 Å². The van der Waals surface area contributed by atoms with E-state index in [2.05, 4.69) is 19.2 Å². The molecule has 0 aromatic carbocycles. The van der Waals surface area contributed by atoms with Crippen LogP contribution in [0.15, 0.2) is 0 Å². The summed E-state index contributed by atoms with van der Waals surface area (Å²) in [6.45, 7) is 12.6. The maximum Gasteiger partial charge on any atom is 0.0913 e. The minimum atomic E-state index is 1.23. The summed E-state index contributed by atoms with van der Waals surface area (Å²) in [7, 11) is 0. The van der Waals surface area contributed by atoms with Crippen LogP contribution in [-0.2, 0) is 0 Å².